The summed E-state index contributed by atoms with van der Waals surface area (Å²) in [6.45, 7) is 2.49. The molecule has 0 saturated heterocycles. The Hall–Kier alpha value is -1.93. The lowest BCUT2D eigenvalue weighted by Crippen LogP contribution is -2.45. The van der Waals surface area contributed by atoms with Crippen molar-refractivity contribution in [3.63, 3.8) is 0 Å². The second-order valence-corrected chi connectivity index (χ2v) is 5.58. The number of aliphatic carboxylic acids is 1. The lowest BCUT2D eigenvalue weighted by Gasteiger charge is -2.15. The highest BCUT2D eigenvalue weighted by molar-refractivity contribution is 7.89. The molecule has 8 heteroatoms. The van der Waals surface area contributed by atoms with Gasteiger partial charge in [0.25, 0.3) is 0 Å². The number of carbonyl (C=O) groups excluding carboxylic acids is 2. The highest BCUT2D eigenvalue weighted by Crippen LogP contribution is 2.14. The predicted octanol–water partition coefficient (Wildman–Crippen LogP) is -0.938. The molecule has 0 fully saturated rings. The van der Waals surface area contributed by atoms with Crippen molar-refractivity contribution in [1.82, 2.24) is 4.72 Å². The van der Waals surface area contributed by atoms with Crippen molar-refractivity contribution < 1.29 is 23.1 Å². The van der Waals surface area contributed by atoms with E-state index in [2.05, 4.69) is 5.32 Å². The van der Waals surface area contributed by atoms with Gasteiger partial charge in [-0.1, -0.05) is 0 Å². The Morgan fingerprint density at radius 1 is 1.21 bits per heavy atom. The number of carbonyl (C=O) groups is 2. The van der Waals surface area contributed by atoms with Gasteiger partial charge in [0.05, 0.1) is 16.9 Å². The summed E-state index contributed by atoms with van der Waals surface area (Å²) in [4.78, 5) is 21.2. The molecule has 2 N–H and O–H groups in total. The molecule has 0 unspecified atom stereocenters. The zero-order valence-corrected chi connectivity index (χ0v) is 11.2. The Morgan fingerprint density at radius 2 is 1.74 bits per heavy atom. The van der Waals surface area contributed by atoms with Gasteiger partial charge in [0.15, 0.2) is 0 Å². The largest absolute Gasteiger partial charge is 0.548 e. The molecule has 0 spiro atoms. The zero-order valence-electron chi connectivity index (χ0n) is 10.3. The Bertz CT molecular complexity index is 580. The van der Waals surface area contributed by atoms with E-state index in [9.17, 15) is 23.1 Å². The highest BCUT2D eigenvalue weighted by Gasteiger charge is 2.17. The van der Waals surface area contributed by atoms with Crippen molar-refractivity contribution in [3.05, 3.63) is 24.3 Å². The third-order valence-corrected chi connectivity index (χ3v) is 3.73. The molecule has 0 saturated carbocycles. The second-order valence-electron chi connectivity index (χ2n) is 3.87. The Kier molecular flexibility index (Phi) is 4.62. The van der Waals surface area contributed by atoms with E-state index < -0.39 is 22.0 Å². The van der Waals surface area contributed by atoms with Crippen LogP contribution in [0.25, 0.3) is 0 Å². The SMILES string of the molecule is CC(=O)Nc1ccc(S(=O)(=O)N[C@H](C)C(=O)[O-])cc1. The maximum absolute atomic E-state index is 11.8. The van der Waals surface area contributed by atoms with Crippen LogP contribution in [0.1, 0.15) is 13.8 Å². The van der Waals surface area contributed by atoms with E-state index in [0.717, 1.165) is 0 Å². The lowest BCUT2D eigenvalue weighted by molar-refractivity contribution is -0.307. The molecule has 1 rings (SSSR count). The minimum atomic E-state index is -3.93. The van der Waals surface area contributed by atoms with Crippen LogP contribution in [0.15, 0.2) is 29.2 Å². The summed E-state index contributed by atoms with van der Waals surface area (Å²) in [7, 11) is -3.93. The Labute approximate surface area is 110 Å². The predicted molar refractivity (Wildman–Crippen MR) is 65.5 cm³/mol. The first-order chi connectivity index (χ1) is 8.72. The average Bonchev–Trinajstić information content (AvgIpc) is 2.28. The first kappa shape index (κ1) is 15.1. The monoisotopic (exact) mass is 285 g/mol. The summed E-state index contributed by atoms with van der Waals surface area (Å²) in [5.74, 6) is -1.79. The van der Waals surface area contributed by atoms with Crippen LogP contribution in [0.5, 0.6) is 0 Å². The van der Waals surface area contributed by atoms with Crippen LogP contribution in [0.3, 0.4) is 0 Å². The van der Waals surface area contributed by atoms with Crippen molar-refractivity contribution >= 4 is 27.6 Å². The van der Waals surface area contributed by atoms with Crippen molar-refractivity contribution in [2.45, 2.75) is 24.8 Å². The van der Waals surface area contributed by atoms with E-state index in [1.54, 1.807) is 0 Å². The lowest BCUT2D eigenvalue weighted by atomic mass is 10.3. The molecule has 0 heterocycles. The smallest absolute Gasteiger partial charge is 0.241 e. The number of amides is 1. The van der Waals surface area contributed by atoms with Crippen molar-refractivity contribution in [1.29, 1.82) is 0 Å². The first-order valence-electron chi connectivity index (χ1n) is 5.33. The molecular formula is C11H13N2O5S-. The van der Waals surface area contributed by atoms with E-state index in [4.69, 9.17) is 0 Å². The number of anilines is 1. The summed E-state index contributed by atoms with van der Waals surface area (Å²) in [5.41, 5.74) is 0.444. The fraction of sp³-hybridized carbons (Fsp3) is 0.273. The molecule has 0 aliphatic heterocycles. The van der Waals surface area contributed by atoms with Gasteiger partial charge in [-0.3, -0.25) is 4.79 Å². The molecule has 1 atom stereocenters. The molecule has 0 aliphatic carbocycles. The maximum Gasteiger partial charge on any atom is 0.241 e. The van der Waals surface area contributed by atoms with Gasteiger partial charge in [-0.05, 0) is 31.2 Å². The van der Waals surface area contributed by atoms with Gasteiger partial charge in [-0.2, -0.15) is 0 Å². The normalized spacial score (nSPS) is 12.7. The van der Waals surface area contributed by atoms with E-state index in [1.807, 2.05) is 4.72 Å². The fourth-order valence-electron chi connectivity index (χ4n) is 1.27. The third-order valence-electron chi connectivity index (χ3n) is 2.17. The van der Waals surface area contributed by atoms with Crippen LogP contribution in [-0.2, 0) is 19.6 Å². The molecule has 0 radical (unpaired) electrons. The van der Waals surface area contributed by atoms with Gasteiger partial charge < -0.3 is 15.2 Å². The van der Waals surface area contributed by atoms with Crippen LogP contribution in [-0.4, -0.2) is 26.3 Å². The quantitative estimate of drug-likeness (QED) is 0.724. The van der Waals surface area contributed by atoms with Crippen LogP contribution in [0.2, 0.25) is 0 Å². The minimum Gasteiger partial charge on any atom is -0.548 e. The molecule has 7 nitrogen and oxygen atoms in total. The maximum atomic E-state index is 11.8. The van der Waals surface area contributed by atoms with Gasteiger partial charge in [0.1, 0.15) is 0 Å². The van der Waals surface area contributed by atoms with Gasteiger partial charge in [-0.15, -0.1) is 0 Å². The van der Waals surface area contributed by atoms with E-state index in [-0.39, 0.29) is 10.8 Å². The van der Waals surface area contributed by atoms with Crippen LogP contribution >= 0.6 is 0 Å². The molecule has 1 aromatic carbocycles. The van der Waals surface area contributed by atoms with E-state index in [0.29, 0.717) is 5.69 Å². The first-order valence-corrected chi connectivity index (χ1v) is 6.81. The zero-order chi connectivity index (χ0) is 14.6. The number of hydrogen-bond donors (Lipinski definition) is 2. The minimum absolute atomic E-state index is 0.102. The number of rotatable bonds is 5. The number of sulfonamides is 1. The molecule has 0 aromatic heterocycles. The standard InChI is InChI=1S/C11H14N2O5S/c1-7(11(15)16)13-19(17,18)10-5-3-9(4-6-10)12-8(2)14/h3-7,13H,1-2H3,(H,12,14)(H,15,16)/p-1/t7-/m1/s1. The van der Waals surface area contributed by atoms with E-state index in [1.165, 1.54) is 38.1 Å². The molecular weight excluding hydrogens is 272 g/mol. The van der Waals surface area contributed by atoms with Crippen molar-refractivity contribution in [3.8, 4) is 0 Å². The highest BCUT2D eigenvalue weighted by atomic mass is 32.2. The fourth-order valence-corrected chi connectivity index (χ4v) is 2.46. The number of benzene rings is 1. The summed E-state index contributed by atoms with van der Waals surface area (Å²) in [6.07, 6.45) is 0. The van der Waals surface area contributed by atoms with Gasteiger partial charge in [0, 0.05) is 12.6 Å². The molecule has 19 heavy (non-hydrogen) atoms. The number of hydrogen-bond acceptors (Lipinski definition) is 5. The summed E-state index contributed by atoms with van der Waals surface area (Å²) >= 11 is 0. The molecule has 104 valence electrons. The van der Waals surface area contributed by atoms with Crippen LogP contribution in [0.4, 0.5) is 5.69 Å². The molecule has 0 aliphatic rings. The Morgan fingerprint density at radius 3 is 2.16 bits per heavy atom. The summed E-state index contributed by atoms with van der Waals surface area (Å²) in [5, 5.41) is 13.0. The van der Waals surface area contributed by atoms with Gasteiger partial charge in [0.2, 0.25) is 15.9 Å². The van der Waals surface area contributed by atoms with Crippen molar-refractivity contribution in [2.75, 3.05) is 5.32 Å². The number of carboxylic acid groups (broad SMARTS) is 1. The van der Waals surface area contributed by atoms with Crippen LogP contribution in [0, 0.1) is 0 Å². The summed E-state index contributed by atoms with van der Waals surface area (Å²) < 4.78 is 25.5. The average molecular weight is 285 g/mol. The Balaban J connectivity index is 2.90. The van der Waals surface area contributed by atoms with Crippen molar-refractivity contribution in [2.24, 2.45) is 0 Å². The topological polar surface area (TPSA) is 115 Å². The third kappa shape index (κ3) is 4.34. The molecule has 0 bridgehead atoms. The number of nitrogens with one attached hydrogen (secondary N) is 2. The number of carboxylic acids is 1. The molecule has 1 amide bonds. The molecule has 1 aromatic rings. The van der Waals surface area contributed by atoms with E-state index >= 15 is 0 Å². The van der Waals surface area contributed by atoms with Gasteiger partial charge >= 0.3 is 0 Å². The second kappa shape index (κ2) is 5.81. The van der Waals surface area contributed by atoms with Gasteiger partial charge in [-0.25, -0.2) is 13.1 Å². The summed E-state index contributed by atoms with van der Waals surface area (Å²) in [6, 6.07) is 3.99. The van der Waals surface area contributed by atoms with Crippen LogP contribution < -0.4 is 15.1 Å².